The number of thiol groups is 1. The van der Waals surface area contributed by atoms with Crippen molar-refractivity contribution in [2.24, 2.45) is 7.05 Å². The molecule has 0 atom stereocenters. The SMILES string of the molecule is CC(C)(C)[Si](C)(C)OCCCCc1ccc(CBr)cc1.CC(C)(C)n1ncc(S)c(Cl)c1=O.Cn1ncc(SCc2ccc(CCCO[Si](C)(C)C(C)(C)C)cc2)c(Cl)c1=O. The molecule has 0 N–H and O–H groups in total. The molecule has 2 aromatic heterocycles. The molecule has 0 aliphatic heterocycles. The second-order valence-electron chi connectivity index (χ2n) is 19.3. The van der Waals surface area contributed by atoms with Gasteiger partial charge in [0.25, 0.3) is 11.1 Å². The molecule has 2 aromatic carbocycles. The molecule has 0 spiro atoms. The normalized spacial score (nSPS) is 12.4. The van der Waals surface area contributed by atoms with Crippen LogP contribution in [-0.4, -0.2) is 49.4 Å². The molecule has 0 saturated heterocycles. The molecule has 4 rings (SSSR count). The van der Waals surface area contributed by atoms with Crippen LogP contribution in [0.3, 0.4) is 0 Å². The molecule has 4 aromatic rings. The first-order valence-electron chi connectivity index (χ1n) is 20.9. The fourth-order valence-electron chi connectivity index (χ4n) is 5.05. The topological polar surface area (TPSA) is 88.2 Å². The monoisotopic (exact) mass is 1010 g/mol. The maximum atomic E-state index is 11.8. The highest BCUT2D eigenvalue weighted by Crippen LogP contribution is 2.37. The van der Waals surface area contributed by atoms with Crippen LogP contribution in [0.15, 0.2) is 80.3 Å². The lowest BCUT2D eigenvalue weighted by molar-refractivity contribution is 0.279. The van der Waals surface area contributed by atoms with E-state index in [2.05, 4.69) is 155 Å². The van der Waals surface area contributed by atoms with Crippen molar-refractivity contribution in [3.8, 4) is 0 Å². The number of hydrogen-bond donors (Lipinski definition) is 1. The van der Waals surface area contributed by atoms with Crippen molar-refractivity contribution < 1.29 is 8.85 Å². The van der Waals surface area contributed by atoms with Gasteiger partial charge >= 0.3 is 0 Å². The van der Waals surface area contributed by atoms with E-state index in [9.17, 15) is 9.59 Å². The third kappa shape index (κ3) is 18.4. The second kappa shape index (κ2) is 24.6. The Bertz CT molecular complexity index is 2080. The van der Waals surface area contributed by atoms with Gasteiger partial charge in [-0.25, -0.2) is 9.36 Å². The highest BCUT2D eigenvalue weighted by Gasteiger charge is 2.37. The molecule has 0 aliphatic rings. The summed E-state index contributed by atoms with van der Waals surface area (Å²) in [4.78, 5) is 24.5. The predicted molar refractivity (Wildman–Crippen MR) is 273 cm³/mol. The Hall–Kier alpha value is -1.69. The predicted octanol–water partition coefficient (Wildman–Crippen LogP) is 13.5. The molecule has 0 fully saturated rings. The summed E-state index contributed by atoms with van der Waals surface area (Å²) in [6.07, 6.45) is 8.70. The summed E-state index contributed by atoms with van der Waals surface area (Å²) in [5.41, 5.74) is 4.37. The Morgan fingerprint density at radius 2 is 1.13 bits per heavy atom. The van der Waals surface area contributed by atoms with E-state index >= 15 is 0 Å². The number of thioether (sulfide) groups is 1. The first-order chi connectivity index (χ1) is 28.1. The van der Waals surface area contributed by atoms with Crippen molar-refractivity contribution in [3.63, 3.8) is 0 Å². The van der Waals surface area contributed by atoms with Crippen LogP contribution in [0.25, 0.3) is 0 Å². The molecule has 0 bridgehead atoms. The molecular formula is C46H71BrCl2N4O4S2Si2. The number of aromatic nitrogens is 4. The van der Waals surface area contributed by atoms with Crippen LogP contribution in [0.2, 0.25) is 46.3 Å². The number of benzene rings is 2. The van der Waals surface area contributed by atoms with Gasteiger partial charge in [0.1, 0.15) is 10.0 Å². The van der Waals surface area contributed by atoms with E-state index < -0.39 is 16.6 Å². The average molecular weight is 1020 g/mol. The molecule has 0 unspecified atom stereocenters. The lowest BCUT2D eigenvalue weighted by atomic mass is 10.1. The molecule has 15 heteroatoms. The molecule has 8 nitrogen and oxygen atoms in total. The fraction of sp³-hybridized carbons (Fsp3) is 0.565. The number of hydrogen-bond acceptors (Lipinski definition) is 8. The molecule has 0 saturated carbocycles. The van der Waals surface area contributed by atoms with Gasteiger partial charge in [0, 0.05) is 36.2 Å². The maximum Gasteiger partial charge on any atom is 0.287 e. The van der Waals surface area contributed by atoms with E-state index in [4.69, 9.17) is 32.1 Å². The zero-order valence-corrected chi connectivity index (χ0v) is 45.9. The van der Waals surface area contributed by atoms with E-state index in [0.29, 0.717) is 9.93 Å². The minimum atomic E-state index is -1.65. The second-order valence-corrected chi connectivity index (χ2v) is 31.8. The summed E-state index contributed by atoms with van der Waals surface area (Å²) in [5, 5.41) is 9.85. The summed E-state index contributed by atoms with van der Waals surface area (Å²) in [7, 11) is -1.61. The Balaban J connectivity index is 0.000000338. The van der Waals surface area contributed by atoms with E-state index in [0.717, 1.165) is 54.9 Å². The van der Waals surface area contributed by atoms with E-state index in [1.165, 1.54) is 56.0 Å². The number of nitrogens with zero attached hydrogens (tertiary/aromatic N) is 4. The molecular weight excluding hydrogens is 944 g/mol. The van der Waals surface area contributed by atoms with Crippen molar-refractivity contribution in [1.82, 2.24) is 19.6 Å². The smallest absolute Gasteiger partial charge is 0.287 e. The van der Waals surface area contributed by atoms with Gasteiger partial charge in [-0.1, -0.05) is 129 Å². The molecule has 340 valence electrons. The van der Waals surface area contributed by atoms with Crippen LogP contribution in [0.5, 0.6) is 0 Å². The van der Waals surface area contributed by atoms with Gasteiger partial charge in [-0.3, -0.25) is 9.59 Å². The third-order valence-electron chi connectivity index (χ3n) is 11.2. The molecule has 0 radical (unpaired) electrons. The van der Waals surface area contributed by atoms with Gasteiger partial charge in [-0.05, 0) is 111 Å². The Labute approximate surface area is 397 Å². The standard InChI is InChI=1S/C21H31ClN2O2SSi.C17H29BrOSi.C8H11ClN2OS/c1-21(2,3)28(5,6)26-13-7-8-16-9-11-17(12-10-16)15-27-18-14-23-24(4)20(25)19(18)22;1-17(2,3)20(4,5)19-13-7-6-8-15-9-11-16(14-18)12-10-15;1-8(2,3)11-7(12)6(9)5(13)4-10-11/h9-12,14H,7-8,13,15H2,1-6H3;9-12H,6-8,13-14H2,1-5H3;4,13H,1-3H3. The van der Waals surface area contributed by atoms with Crippen molar-refractivity contribution in [1.29, 1.82) is 0 Å². The van der Waals surface area contributed by atoms with Crippen LogP contribution >= 0.6 is 63.5 Å². The Morgan fingerprint density at radius 3 is 1.61 bits per heavy atom. The summed E-state index contributed by atoms with van der Waals surface area (Å²) in [5.74, 6) is 0.753. The highest BCUT2D eigenvalue weighted by molar-refractivity contribution is 9.08. The van der Waals surface area contributed by atoms with Gasteiger partial charge in [-0.15, -0.1) is 24.4 Å². The van der Waals surface area contributed by atoms with Crippen LogP contribution in [0.1, 0.15) is 104 Å². The molecule has 0 aliphatic carbocycles. The van der Waals surface area contributed by atoms with Crippen molar-refractivity contribution >= 4 is 80.2 Å². The van der Waals surface area contributed by atoms with E-state index in [1.807, 2.05) is 20.8 Å². The van der Waals surface area contributed by atoms with Crippen molar-refractivity contribution in [3.05, 3.63) is 114 Å². The first kappa shape index (κ1) is 55.4. The number of halogens is 3. The van der Waals surface area contributed by atoms with Gasteiger partial charge in [0.2, 0.25) is 0 Å². The van der Waals surface area contributed by atoms with Crippen molar-refractivity contribution in [2.75, 3.05) is 13.2 Å². The first-order valence-corrected chi connectivity index (χ1v) is 30.1. The minimum Gasteiger partial charge on any atom is -0.417 e. The van der Waals surface area contributed by atoms with Gasteiger partial charge in [0.15, 0.2) is 16.6 Å². The zero-order valence-electron chi connectivity index (χ0n) is 39.0. The fourth-order valence-corrected chi connectivity index (χ4v) is 9.06. The highest BCUT2D eigenvalue weighted by atomic mass is 79.9. The average Bonchev–Trinajstić information content (AvgIpc) is 3.17. The van der Waals surface area contributed by atoms with Gasteiger partial charge < -0.3 is 8.85 Å². The lowest BCUT2D eigenvalue weighted by Gasteiger charge is -2.36. The molecule has 61 heavy (non-hydrogen) atoms. The van der Waals surface area contributed by atoms with Gasteiger partial charge in [0.05, 0.1) is 22.8 Å². The largest absolute Gasteiger partial charge is 0.417 e. The Kier molecular flexibility index (Phi) is 22.3. The number of alkyl halides is 1. The van der Waals surface area contributed by atoms with Crippen LogP contribution in [0.4, 0.5) is 0 Å². The summed E-state index contributed by atoms with van der Waals surface area (Å²) in [6, 6.07) is 17.5. The van der Waals surface area contributed by atoms with Crippen LogP contribution < -0.4 is 11.1 Å². The van der Waals surface area contributed by atoms with E-state index in [-0.39, 0.29) is 31.7 Å². The molecule has 0 amide bonds. The third-order valence-corrected chi connectivity index (χ3v) is 23.3. The Morgan fingerprint density at radius 1 is 0.672 bits per heavy atom. The van der Waals surface area contributed by atoms with E-state index in [1.54, 1.807) is 13.2 Å². The maximum absolute atomic E-state index is 11.8. The quantitative estimate of drug-likeness (QED) is 0.0417. The number of unbranched alkanes of at least 4 members (excludes halogenated alkanes) is 1. The van der Waals surface area contributed by atoms with Gasteiger partial charge in [-0.2, -0.15) is 10.2 Å². The minimum absolute atomic E-state index is 0.119. The summed E-state index contributed by atoms with van der Waals surface area (Å²) >= 11 is 20.9. The molecule has 2 heterocycles. The summed E-state index contributed by atoms with van der Waals surface area (Å²) < 4.78 is 15.0. The van der Waals surface area contributed by atoms with Crippen LogP contribution in [-0.2, 0) is 45.4 Å². The van der Waals surface area contributed by atoms with Crippen LogP contribution in [0, 0.1) is 0 Å². The number of aryl methyl sites for hydroxylation is 3. The zero-order chi connectivity index (χ0) is 46.4. The lowest BCUT2D eigenvalue weighted by Crippen LogP contribution is -2.41. The summed E-state index contributed by atoms with van der Waals surface area (Å²) in [6.45, 7) is 30.3. The number of rotatable bonds is 15. The van der Waals surface area contributed by atoms with Crippen molar-refractivity contribution in [2.45, 2.75) is 157 Å².